The Kier molecular flexibility index (Phi) is 11.0. The molecular formula is C31H41FN4O6. The lowest BCUT2D eigenvalue weighted by atomic mass is 9.83. The topological polar surface area (TPSA) is 117 Å². The molecule has 1 aliphatic rings. The lowest BCUT2D eigenvalue weighted by Gasteiger charge is -2.48. The fourth-order valence-corrected chi connectivity index (χ4v) is 4.85. The number of carbonyl (C=O) groups excluding carboxylic acids is 4. The maximum Gasteiger partial charge on any atom is 0.408 e. The van der Waals surface area contributed by atoms with Gasteiger partial charge in [0.15, 0.2) is 0 Å². The Morgan fingerprint density at radius 1 is 1.00 bits per heavy atom. The van der Waals surface area contributed by atoms with Crippen molar-refractivity contribution < 1.29 is 33.0 Å². The molecule has 0 spiro atoms. The second-order valence-corrected chi connectivity index (χ2v) is 11.5. The van der Waals surface area contributed by atoms with Crippen molar-refractivity contribution in [1.82, 2.24) is 20.4 Å². The smallest absolute Gasteiger partial charge is 0.408 e. The van der Waals surface area contributed by atoms with E-state index in [1.807, 2.05) is 37.4 Å². The number of halogens is 1. The molecule has 0 aromatic heterocycles. The van der Waals surface area contributed by atoms with E-state index in [-0.39, 0.29) is 19.0 Å². The largest absolute Gasteiger partial charge is 0.469 e. The normalized spacial score (nSPS) is 15.7. The number of likely N-dealkylation sites (tertiary alicyclic amines) is 1. The highest BCUT2D eigenvalue weighted by atomic mass is 19.1. The number of piperidine rings is 1. The van der Waals surface area contributed by atoms with Crippen molar-refractivity contribution in [2.75, 3.05) is 27.2 Å². The van der Waals surface area contributed by atoms with E-state index in [2.05, 4.69) is 15.5 Å². The van der Waals surface area contributed by atoms with E-state index in [9.17, 15) is 23.6 Å². The predicted octanol–water partition coefficient (Wildman–Crippen LogP) is 3.39. The van der Waals surface area contributed by atoms with Crippen LogP contribution in [0.25, 0.3) is 0 Å². The summed E-state index contributed by atoms with van der Waals surface area (Å²) in [5.74, 6) is -2.18. The first kappa shape index (κ1) is 32.5. The quantitative estimate of drug-likeness (QED) is 0.411. The SMILES string of the molecule is COC(=O)C[C@H](NC(=O)OC(C)(C)C)C(=O)N(Cc1ccc(F)cc1)C1(C(=O)NCc2ccccc2)CCN(C)CC1. The Hall–Kier alpha value is -3.99. The minimum Gasteiger partial charge on any atom is -0.469 e. The summed E-state index contributed by atoms with van der Waals surface area (Å²) >= 11 is 0. The molecule has 0 radical (unpaired) electrons. The van der Waals surface area contributed by atoms with Crippen LogP contribution in [0.1, 0.15) is 51.2 Å². The van der Waals surface area contributed by atoms with Crippen molar-refractivity contribution in [3.8, 4) is 0 Å². The van der Waals surface area contributed by atoms with Crippen LogP contribution in [0.5, 0.6) is 0 Å². The zero-order valence-corrected chi connectivity index (χ0v) is 24.9. The monoisotopic (exact) mass is 584 g/mol. The predicted molar refractivity (Wildman–Crippen MR) is 154 cm³/mol. The van der Waals surface area contributed by atoms with E-state index in [1.54, 1.807) is 20.8 Å². The van der Waals surface area contributed by atoms with Gasteiger partial charge in [-0.05, 0) is 63.9 Å². The molecule has 42 heavy (non-hydrogen) atoms. The first-order valence-electron chi connectivity index (χ1n) is 14.0. The van der Waals surface area contributed by atoms with Crippen molar-refractivity contribution in [2.24, 2.45) is 0 Å². The number of hydrogen-bond donors (Lipinski definition) is 2. The van der Waals surface area contributed by atoms with Crippen LogP contribution in [0.4, 0.5) is 9.18 Å². The molecule has 1 aliphatic heterocycles. The fourth-order valence-electron chi connectivity index (χ4n) is 4.85. The number of ether oxygens (including phenoxy) is 2. The standard InChI is InChI=1S/C31H41FN4O6/c1-30(2,3)42-29(40)34-25(19-26(37)41-5)27(38)36(21-23-11-13-24(32)14-12-23)31(15-17-35(4)18-16-31)28(39)33-20-22-9-7-6-8-10-22/h6-14,25H,15-21H2,1-5H3,(H,33,39)(H,34,40)/t25-/m0/s1. The second kappa shape index (κ2) is 14.3. The van der Waals surface area contributed by atoms with Crippen LogP contribution in [-0.2, 0) is 36.9 Å². The fraction of sp³-hybridized carbons (Fsp3) is 0.484. The van der Waals surface area contributed by atoms with Crippen molar-refractivity contribution in [1.29, 1.82) is 0 Å². The third-order valence-electron chi connectivity index (χ3n) is 7.16. The van der Waals surface area contributed by atoms with Crippen LogP contribution in [0.15, 0.2) is 54.6 Å². The maximum absolute atomic E-state index is 14.4. The number of carbonyl (C=O) groups is 4. The summed E-state index contributed by atoms with van der Waals surface area (Å²) in [5, 5.41) is 5.52. The number of nitrogens with zero attached hydrogens (tertiary/aromatic N) is 2. The molecule has 1 fully saturated rings. The molecule has 11 heteroatoms. The lowest BCUT2D eigenvalue weighted by Crippen LogP contribution is -2.66. The molecule has 3 amide bonds. The van der Waals surface area contributed by atoms with Gasteiger partial charge in [-0.3, -0.25) is 14.4 Å². The zero-order chi connectivity index (χ0) is 30.9. The molecule has 1 atom stereocenters. The number of benzene rings is 2. The van der Waals surface area contributed by atoms with Crippen LogP contribution < -0.4 is 10.6 Å². The molecule has 0 saturated carbocycles. The van der Waals surface area contributed by atoms with Gasteiger partial charge >= 0.3 is 12.1 Å². The summed E-state index contributed by atoms with van der Waals surface area (Å²) in [6.07, 6.45) is -0.767. The van der Waals surface area contributed by atoms with Crippen molar-refractivity contribution in [2.45, 2.75) is 70.3 Å². The van der Waals surface area contributed by atoms with Crippen LogP contribution in [0, 0.1) is 5.82 Å². The van der Waals surface area contributed by atoms with Gasteiger partial charge in [-0.15, -0.1) is 0 Å². The summed E-state index contributed by atoms with van der Waals surface area (Å²) in [7, 11) is 3.12. The van der Waals surface area contributed by atoms with E-state index in [1.165, 1.54) is 36.3 Å². The van der Waals surface area contributed by atoms with E-state index in [0.29, 0.717) is 31.5 Å². The maximum atomic E-state index is 14.4. The van der Waals surface area contributed by atoms with Gasteiger partial charge in [0.05, 0.1) is 13.5 Å². The molecule has 0 unspecified atom stereocenters. The van der Waals surface area contributed by atoms with E-state index < -0.39 is 47.4 Å². The van der Waals surface area contributed by atoms with E-state index in [4.69, 9.17) is 9.47 Å². The molecule has 3 rings (SSSR count). The van der Waals surface area contributed by atoms with E-state index >= 15 is 0 Å². The van der Waals surface area contributed by atoms with Crippen LogP contribution in [0.3, 0.4) is 0 Å². The third-order valence-corrected chi connectivity index (χ3v) is 7.16. The molecule has 0 aliphatic carbocycles. The van der Waals surface area contributed by atoms with Crippen LogP contribution in [-0.4, -0.2) is 78.1 Å². The van der Waals surface area contributed by atoms with E-state index in [0.717, 1.165) is 5.56 Å². The van der Waals surface area contributed by atoms with Gasteiger partial charge in [0.1, 0.15) is 23.0 Å². The van der Waals surface area contributed by atoms with Gasteiger partial charge in [0, 0.05) is 26.2 Å². The van der Waals surface area contributed by atoms with Gasteiger partial charge in [-0.25, -0.2) is 9.18 Å². The molecule has 2 N–H and O–H groups in total. The summed E-state index contributed by atoms with van der Waals surface area (Å²) < 4.78 is 24.0. The minimum atomic E-state index is -1.38. The average molecular weight is 585 g/mol. The first-order valence-corrected chi connectivity index (χ1v) is 14.0. The number of methoxy groups -OCH3 is 1. The summed E-state index contributed by atoms with van der Waals surface area (Å²) in [6.45, 7) is 6.26. The van der Waals surface area contributed by atoms with Gasteiger partial charge in [0.25, 0.3) is 0 Å². The molecule has 0 bridgehead atoms. The lowest BCUT2D eigenvalue weighted by molar-refractivity contribution is -0.155. The number of rotatable bonds is 10. The second-order valence-electron chi connectivity index (χ2n) is 11.5. The van der Waals surface area contributed by atoms with Crippen molar-refractivity contribution in [3.63, 3.8) is 0 Å². The van der Waals surface area contributed by atoms with Crippen molar-refractivity contribution in [3.05, 3.63) is 71.5 Å². The Labute approximate surface area is 246 Å². The van der Waals surface area contributed by atoms with Gasteiger partial charge < -0.3 is 29.9 Å². The number of esters is 1. The number of nitrogens with one attached hydrogen (secondary N) is 2. The van der Waals surface area contributed by atoms with Crippen molar-refractivity contribution >= 4 is 23.9 Å². The Morgan fingerprint density at radius 2 is 1.62 bits per heavy atom. The molecule has 2 aromatic rings. The summed E-state index contributed by atoms with van der Waals surface area (Å²) in [4.78, 5) is 57.2. The van der Waals surface area contributed by atoms with Crippen LogP contribution in [0.2, 0.25) is 0 Å². The summed E-state index contributed by atoms with van der Waals surface area (Å²) in [5.41, 5.74) is -0.714. The van der Waals surface area contributed by atoms with Gasteiger partial charge in [-0.2, -0.15) is 0 Å². The Bertz CT molecular complexity index is 1220. The number of alkyl carbamates (subject to hydrolysis) is 1. The molecule has 1 saturated heterocycles. The van der Waals surface area contributed by atoms with Crippen LogP contribution >= 0.6 is 0 Å². The Morgan fingerprint density at radius 3 is 2.19 bits per heavy atom. The first-order chi connectivity index (χ1) is 19.8. The average Bonchev–Trinajstić information content (AvgIpc) is 2.95. The molecule has 1 heterocycles. The number of hydrogen-bond acceptors (Lipinski definition) is 7. The Balaban J connectivity index is 2.04. The highest BCUT2D eigenvalue weighted by molar-refractivity contribution is 5.96. The molecule has 228 valence electrons. The molecule has 10 nitrogen and oxygen atoms in total. The third kappa shape index (κ3) is 9.01. The minimum absolute atomic E-state index is 0.0603. The highest BCUT2D eigenvalue weighted by Gasteiger charge is 2.49. The summed E-state index contributed by atoms with van der Waals surface area (Å²) in [6, 6.07) is 13.7. The zero-order valence-electron chi connectivity index (χ0n) is 24.9. The van der Waals surface area contributed by atoms with Gasteiger partial charge in [-0.1, -0.05) is 42.5 Å². The van der Waals surface area contributed by atoms with Gasteiger partial charge in [0.2, 0.25) is 11.8 Å². The molecule has 2 aromatic carbocycles. The molecular weight excluding hydrogens is 543 g/mol. The highest BCUT2D eigenvalue weighted by Crippen LogP contribution is 2.32. The number of amides is 3.